The second-order valence-corrected chi connectivity index (χ2v) is 6.45. The van der Waals surface area contributed by atoms with Gasteiger partial charge in [0.15, 0.2) is 0 Å². The summed E-state index contributed by atoms with van der Waals surface area (Å²) in [5.74, 6) is -0.0566. The van der Waals surface area contributed by atoms with Crippen LogP contribution in [0.15, 0.2) is 18.2 Å². The zero-order valence-electron chi connectivity index (χ0n) is 9.73. The number of hydrogen-bond acceptors (Lipinski definition) is 4. The van der Waals surface area contributed by atoms with Crippen LogP contribution in [-0.4, -0.2) is 26.9 Å². The Hall–Kier alpha value is -0.980. The van der Waals surface area contributed by atoms with Crippen molar-refractivity contribution in [1.82, 2.24) is 0 Å². The number of sulfonamides is 1. The number of rotatable bonds is 4. The SMILES string of the molecule is Nc1ccc(Cl)cc1NS(=O)(=O)CC1CCCO1. The van der Waals surface area contributed by atoms with Gasteiger partial charge in [-0.1, -0.05) is 11.6 Å². The fraction of sp³-hybridized carbons (Fsp3) is 0.455. The van der Waals surface area contributed by atoms with Crippen LogP contribution in [0, 0.1) is 0 Å². The molecule has 0 amide bonds. The number of anilines is 2. The number of nitrogens with two attached hydrogens (primary N) is 1. The topological polar surface area (TPSA) is 81.4 Å². The molecule has 0 saturated carbocycles. The van der Waals surface area contributed by atoms with E-state index in [4.69, 9.17) is 22.1 Å². The number of hydrogen-bond donors (Lipinski definition) is 2. The van der Waals surface area contributed by atoms with Crippen molar-refractivity contribution >= 4 is 33.0 Å². The number of nitrogen functional groups attached to an aromatic ring is 1. The Morgan fingerprint density at radius 1 is 1.50 bits per heavy atom. The molecule has 0 aromatic heterocycles. The number of halogens is 1. The predicted molar refractivity (Wildman–Crippen MR) is 72.2 cm³/mol. The maximum Gasteiger partial charge on any atom is 0.235 e. The van der Waals surface area contributed by atoms with Gasteiger partial charge in [-0.15, -0.1) is 0 Å². The zero-order chi connectivity index (χ0) is 13.2. The van der Waals surface area contributed by atoms with Crippen molar-refractivity contribution in [2.24, 2.45) is 0 Å². The molecule has 0 aliphatic carbocycles. The lowest BCUT2D eigenvalue weighted by Gasteiger charge is -2.13. The highest BCUT2D eigenvalue weighted by Gasteiger charge is 2.23. The van der Waals surface area contributed by atoms with Gasteiger partial charge in [0, 0.05) is 11.6 Å². The standard InChI is InChI=1S/C11H15ClN2O3S/c12-8-3-4-10(13)11(6-8)14-18(15,16)7-9-2-1-5-17-9/h3-4,6,9,14H,1-2,5,7,13H2. The maximum atomic E-state index is 11.9. The van der Waals surface area contributed by atoms with Crippen molar-refractivity contribution in [3.05, 3.63) is 23.2 Å². The Kier molecular flexibility index (Phi) is 3.99. The molecule has 1 atom stereocenters. The van der Waals surface area contributed by atoms with E-state index in [-0.39, 0.29) is 11.9 Å². The van der Waals surface area contributed by atoms with E-state index in [1.165, 1.54) is 6.07 Å². The highest BCUT2D eigenvalue weighted by molar-refractivity contribution is 7.92. The summed E-state index contributed by atoms with van der Waals surface area (Å²) in [7, 11) is -3.47. The molecule has 1 saturated heterocycles. The van der Waals surface area contributed by atoms with Gasteiger partial charge in [-0.25, -0.2) is 8.42 Å². The molecule has 5 nitrogen and oxygen atoms in total. The van der Waals surface area contributed by atoms with Gasteiger partial charge in [-0.3, -0.25) is 4.72 Å². The fourth-order valence-electron chi connectivity index (χ4n) is 1.85. The van der Waals surface area contributed by atoms with Crippen molar-refractivity contribution in [2.45, 2.75) is 18.9 Å². The summed E-state index contributed by atoms with van der Waals surface area (Å²) in [6.45, 7) is 0.624. The molecule has 1 unspecified atom stereocenters. The van der Waals surface area contributed by atoms with Crippen LogP contribution in [0.2, 0.25) is 5.02 Å². The molecule has 2 rings (SSSR count). The Bertz CT molecular complexity index is 527. The third kappa shape index (κ3) is 3.51. The van der Waals surface area contributed by atoms with E-state index < -0.39 is 10.0 Å². The van der Waals surface area contributed by atoms with Crippen molar-refractivity contribution in [1.29, 1.82) is 0 Å². The fourth-order valence-corrected chi connectivity index (χ4v) is 3.37. The van der Waals surface area contributed by atoms with Gasteiger partial charge in [0.2, 0.25) is 10.0 Å². The molecule has 3 N–H and O–H groups in total. The molecule has 7 heteroatoms. The molecule has 0 spiro atoms. The lowest BCUT2D eigenvalue weighted by molar-refractivity contribution is 0.127. The van der Waals surface area contributed by atoms with E-state index >= 15 is 0 Å². The van der Waals surface area contributed by atoms with E-state index in [1.807, 2.05) is 0 Å². The summed E-state index contributed by atoms with van der Waals surface area (Å²) in [5, 5.41) is 0.430. The molecule has 1 aliphatic rings. The van der Waals surface area contributed by atoms with E-state index in [1.54, 1.807) is 12.1 Å². The van der Waals surface area contributed by atoms with Gasteiger partial charge in [0.25, 0.3) is 0 Å². The number of nitrogens with one attached hydrogen (secondary N) is 1. The maximum absolute atomic E-state index is 11.9. The van der Waals surface area contributed by atoms with Crippen LogP contribution in [0.25, 0.3) is 0 Å². The average molecular weight is 291 g/mol. The summed E-state index contributed by atoms with van der Waals surface area (Å²) >= 11 is 5.80. The van der Waals surface area contributed by atoms with Crippen LogP contribution in [0.3, 0.4) is 0 Å². The number of ether oxygens (including phenoxy) is 1. The lowest BCUT2D eigenvalue weighted by Crippen LogP contribution is -2.26. The molecule has 18 heavy (non-hydrogen) atoms. The van der Waals surface area contributed by atoms with Gasteiger partial charge in [0.1, 0.15) is 0 Å². The second-order valence-electron chi connectivity index (χ2n) is 4.25. The first kappa shape index (κ1) is 13.5. The second kappa shape index (κ2) is 5.34. The van der Waals surface area contributed by atoms with Gasteiger partial charge in [-0.2, -0.15) is 0 Å². The van der Waals surface area contributed by atoms with Crippen LogP contribution < -0.4 is 10.5 Å². The van der Waals surface area contributed by atoms with Crippen LogP contribution in [-0.2, 0) is 14.8 Å². The molecule has 1 aromatic rings. The Balaban J connectivity index is 2.09. The van der Waals surface area contributed by atoms with E-state index in [0.29, 0.717) is 23.0 Å². The van der Waals surface area contributed by atoms with Crippen molar-refractivity contribution in [2.75, 3.05) is 22.8 Å². The Morgan fingerprint density at radius 3 is 2.94 bits per heavy atom. The summed E-state index contributed by atoms with van der Waals surface area (Å²) < 4.78 is 31.6. The first-order valence-electron chi connectivity index (χ1n) is 5.63. The van der Waals surface area contributed by atoms with Crippen molar-refractivity contribution in [3.8, 4) is 0 Å². The first-order valence-corrected chi connectivity index (χ1v) is 7.66. The zero-order valence-corrected chi connectivity index (χ0v) is 11.3. The summed E-state index contributed by atoms with van der Waals surface area (Å²) in [4.78, 5) is 0. The highest BCUT2D eigenvalue weighted by atomic mass is 35.5. The van der Waals surface area contributed by atoms with Gasteiger partial charge >= 0.3 is 0 Å². The van der Waals surface area contributed by atoms with E-state index in [0.717, 1.165) is 12.8 Å². The van der Waals surface area contributed by atoms with Crippen molar-refractivity contribution < 1.29 is 13.2 Å². The highest BCUT2D eigenvalue weighted by Crippen LogP contribution is 2.24. The average Bonchev–Trinajstić information content (AvgIpc) is 2.75. The Morgan fingerprint density at radius 2 is 2.28 bits per heavy atom. The molecule has 1 aliphatic heterocycles. The summed E-state index contributed by atoms with van der Waals surface area (Å²) in [6, 6.07) is 4.66. The lowest BCUT2D eigenvalue weighted by atomic mass is 10.3. The summed E-state index contributed by atoms with van der Waals surface area (Å²) in [5.41, 5.74) is 6.34. The smallest absolute Gasteiger partial charge is 0.235 e. The minimum Gasteiger partial charge on any atom is -0.397 e. The predicted octanol–water partition coefficient (Wildman–Crippen LogP) is 1.84. The van der Waals surface area contributed by atoms with Gasteiger partial charge < -0.3 is 10.5 Å². The minimum atomic E-state index is -3.47. The normalized spacial score (nSPS) is 19.9. The molecule has 1 fully saturated rings. The molecular weight excluding hydrogens is 276 g/mol. The number of benzene rings is 1. The molecule has 1 heterocycles. The monoisotopic (exact) mass is 290 g/mol. The molecule has 0 bridgehead atoms. The van der Waals surface area contributed by atoms with E-state index in [2.05, 4.69) is 4.72 Å². The van der Waals surface area contributed by atoms with Gasteiger partial charge in [-0.05, 0) is 31.0 Å². The van der Waals surface area contributed by atoms with Crippen LogP contribution in [0.1, 0.15) is 12.8 Å². The third-order valence-electron chi connectivity index (χ3n) is 2.71. The van der Waals surface area contributed by atoms with E-state index in [9.17, 15) is 8.42 Å². The quantitative estimate of drug-likeness (QED) is 0.829. The minimum absolute atomic E-state index is 0.0566. The molecule has 100 valence electrons. The molecule has 0 radical (unpaired) electrons. The largest absolute Gasteiger partial charge is 0.397 e. The molecule has 1 aromatic carbocycles. The third-order valence-corrected chi connectivity index (χ3v) is 4.29. The van der Waals surface area contributed by atoms with Crippen LogP contribution in [0.5, 0.6) is 0 Å². The first-order chi connectivity index (χ1) is 8.46. The summed E-state index contributed by atoms with van der Waals surface area (Å²) in [6.07, 6.45) is 1.44. The van der Waals surface area contributed by atoms with Crippen LogP contribution >= 0.6 is 11.6 Å². The van der Waals surface area contributed by atoms with Crippen LogP contribution in [0.4, 0.5) is 11.4 Å². The van der Waals surface area contributed by atoms with Gasteiger partial charge in [0.05, 0.1) is 23.2 Å². The van der Waals surface area contributed by atoms with Crippen molar-refractivity contribution in [3.63, 3.8) is 0 Å². The molecular formula is C11H15ClN2O3S. The Labute approximate surface area is 111 Å².